The highest BCUT2D eigenvalue weighted by atomic mass is 33.7. The molecule has 0 aromatic rings. The van der Waals surface area contributed by atoms with E-state index in [0.717, 1.165) is 69.5 Å². The molecule has 0 bridgehead atoms. The number of rotatable bonds is 72. The molecule has 3 unspecified atom stereocenters. The van der Waals surface area contributed by atoms with Crippen molar-refractivity contribution in [1.29, 1.82) is 0 Å². The molecule has 18 heteroatoms. The molecular weight excluding hydrogens is 1270 g/mol. The first-order valence-corrected chi connectivity index (χ1v) is 47.4. The lowest BCUT2D eigenvalue weighted by atomic mass is 9.62. The van der Waals surface area contributed by atoms with Crippen LogP contribution in [0.4, 0.5) is 0 Å². The van der Waals surface area contributed by atoms with Crippen LogP contribution in [0.1, 0.15) is 320 Å². The molecule has 0 amide bonds. The molecule has 0 aromatic heterocycles. The van der Waals surface area contributed by atoms with E-state index in [4.69, 9.17) is 47.4 Å². The molecule has 1 aliphatic carbocycles. The zero-order valence-corrected chi connectivity index (χ0v) is 66.1. The Morgan fingerprint density at radius 3 is 0.955 bits per heavy atom. The van der Waals surface area contributed by atoms with Crippen LogP contribution in [-0.4, -0.2) is 114 Å². The molecule has 534 valence electrons. The van der Waals surface area contributed by atoms with E-state index in [9.17, 15) is 0 Å². The van der Waals surface area contributed by atoms with Gasteiger partial charge in [0.25, 0.3) is 17.9 Å². The maximum Gasteiger partial charge on any atom is 0.282 e. The minimum absolute atomic E-state index is 0.457. The van der Waals surface area contributed by atoms with Crippen molar-refractivity contribution in [3.63, 3.8) is 0 Å². The standard InChI is InChI=1S/C71H142O10S8/c1-12-73-69(74-13-2,75-14-3)54-42-35-29-23-21-22-24-32-38-46-59-72-60-50-67-49-41-45-53-68(67,57-63-84-88-86-82-61-51-65(10)47-39-33-27-25-30-36-43-55-70(76-15-4,77-16-5)78-17-6)58-64-85-89-87-83-62-52-66(11)48-40-34-28-26-31-37-44-56-71(79-18-7,80-19-8)81-20-9/h65-67H,12-64H2,1-11H3. The van der Waals surface area contributed by atoms with Crippen LogP contribution >= 0.6 is 82.5 Å². The highest BCUT2D eigenvalue weighted by Crippen LogP contribution is 2.53. The van der Waals surface area contributed by atoms with Crippen LogP contribution in [0.3, 0.4) is 0 Å². The van der Waals surface area contributed by atoms with Gasteiger partial charge >= 0.3 is 0 Å². The van der Waals surface area contributed by atoms with Crippen molar-refractivity contribution >= 4 is 82.5 Å². The Morgan fingerprint density at radius 2 is 0.629 bits per heavy atom. The average molecular weight is 1410 g/mol. The summed E-state index contributed by atoms with van der Waals surface area (Å²) in [6.07, 6.45) is 48.2. The fourth-order valence-electron chi connectivity index (χ4n) is 12.8. The van der Waals surface area contributed by atoms with Crippen molar-refractivity contribution in [3.05, 3.63) is 0 Å². The summed E-state index contributed by atoms with van der Waals surface area (Å²) in [5, 5.41) is 0. The van der Waals surface area contributed by atoms with Crippen molar-refractivity contribution in [1.82, 2.24) is 0 Å². The number of ether oxygens (including phenoxy) is 10. The molecule has 1 aliphatic rings. The normalized spacial score (nSPS) is 16.7. The van der Waals surface area contributed by atoms with Crippen molar-refractivity contribution in [3.8, 4) is 0 Å². The minimum atomic E-state index is -0.854. The Kier molecular flexibility index (Phi) is 64.1. The lowest BCUT2D eigenvalue weighted by Gasteiger charge is -2.45. The third kappa shape index (κ3) is 47.9. The second-order valence-corrected chi connectivity index (χ2v) is 37.3. The Bertz CT molecular complexity index is 1350. The van der Waals surface area contributed by atoms with Crippen molar-refractivity contribution in [2.24, 2.45) is 23.2 Å². The molecule has 0 aromatic carbocycles. The van der Waals surface area contributed by atoms with Gasteiger partial charge < -0.3 is 47.4 Å². The number of unbranched alkanes of at least 4 members (excludes halogenated alkanes) is 21. The van der Waals surface area contributed by atoms with Gasteiger partial charge in [0.15, 0.2) is 0 Å². The lowest BCUT2D eigenvalue weighted by molar-refractivity contribution is -0.380. The first-order chi connectivity index (χ1) is 43.6. The van der Waals surface area contributed by atoms with Crippen LogP contribution in [0.15, 0.2) is 0 Å². The Balaban J connectivity index is 2.46. The topological polar surface area (TPSA) is 92.3 Å². The van der Waals surface area contributed by atoms with Crippen LogP contribution in [0, 0.1) is 23.2 Å². The third-order valence-corrected chi connectivity index (χ3v) is 30.6. The van der Waals surface area contributed by atoms with E-state index in [1.165, 1.54) is 228 Å². The molecule has 1 rings (SSSR count). The third-order valence-electron chi connectivity index (χ3n) is 17.6. The summed E-state index contributed by atoms with van der Waals surface area (Å²) in [5.74, 6) is 4.92. The van der Waals surface area contributed by atoms with Crippen LogP contribution in [-0.2, 0) is 47.4 Å². The maximum absolute atomic E-state index is 6.45. The highest BCUT2D eigenvalue weighted by molar-refractivity contribution is 9.26. The summed E-state index contributed by atoms with van der Waals surface area (Å²) >= 11 is 0. The molecule has 0 heterocycles. The zero-order chi connectivity index (χ0) is 64.9. The molecule has 1 fully saturated rings. The zero-order valence-electron chi connectivity index (χ0n) is 59.6. The lowest BCUT2D eigenvalue weighted by Crippen LogP contribution is -2.39. The van der Waals surface area contributed by atoms with Gasteiger partial charge in [0.2, 0.25) is 0 Å². The summed E-state index contributed by atoms with van der Waals surface area (Å²) in [4.78, 5) is 0. The monoisotopic (exact) mass is 1410 g/mol. The number of hydrogen-bond acceptors (Lipinski definition) is 18. The van der Waals surface area contributed by atoms with E-state index in [1.807, 2.05) is 102 Å². The Hall–Kier alpha value is 2.40. The van der Waals surface area contributed by atoms with Crippen LogP contribution in [0.2, 0.25) is 0 Å². The quantitative estimate of drug-likeness (QED) is 0.0328. The molecule has 10 nitrogen and oxygen atoms in total. The van der Waals surface area contributed by atoms with Crippen LogP contribution in [0.5, 0.6) is 0 Å². The molecule has 0 spiro atoms. The van der Waals surface area contributed by atoms with E-state index >= 15 is 0 Å². The van der Waals surface area contributed by atoms with Crippen LogP contribution < -0.4 is 0 Å². The molecule has 0 saturated heterocycles. The van der Waals surface area contributed by atoms with E-state index in [2.05, 4.69) is 57.0 Å². The minimum Gasteiger partial charge on any atom is -0.381 e. The van der Waals surface area contributed by atoms with E-state index in [1.54, 1.807) is 0 Å². The van der Waals surface area contributed by atoms with Gasteiger partial charge in [-0.1, -0.05) is 211 Å². The molecule has 89 heavy (non-hydrogen) atoms. The van der Waals surface area contributed by atoms with E-state index in [-0.39, 0.29) is 0 Å². The van der Waals surface area contributed by atoms with E-state index < -0.39 is 17.9 Å². The second-order valence-electron chi connectivity index (χ2n) is 24.8. The Labute approximate surface area is 582 Å². The smallest absolute Gasteiger partial charge is 0.282 e. The van der Waals surface area contributed by atoms with Crippen molar-refractivity contribution < 1.29 is 47.4 Å². The molecule has 1 saturated carbocycles. The van der Waals surface area contributed by atoms with Gasteiger partial charge in [-0.15, -0.1) is 0 Å². The van der Waals surface area contributed by atoms with Crippen molar-refractivity contribution in [2.75, 3.05) is 95.7 Å². The Morgan fingerprint density at radius 1 is 0.337 bits per heavy atom. The average Bonchev–Trinajstić information content (AvgIpc) is 1.89. The molecular formula is C71H142O10S8. The van der Waals surface area contributed by atoms with Gasteiger partial charge in [-0.2, -0.15) is 0 Å². The summed E-state index contributed by atoms with van der Waals surface area (Å²) in [6.45, 7) is 30.4. The van der Waals surface area contributed by atoms with Gasteiger partial charge in [-0.05, 0) is 195 Å². The summed E-state index contributed by atoms with van der Waals surface area (Å²) in [7, 11) is 16.6. The second kappa shape index (κ2) is 63.8. The van der Waals surface area contributed by atoms with Gasteiger partial charge in [-0.25, -0.2) is 0 Å². The highest BCUT2D eigenvalue weighted by Gasteiger charge is 2.40. The largest absolute Gasteiger partial charge is 0.381 e. The predicted molar refractivity (Wildman–Crippen MR) is 404 cm³/mol. The molecule has 0 N–H and O–H groups in total. The van der Waals surface area contributed by atoms with Gasteiger partial charge in [-0.3, -0.25) is 0 Å². The summed E-state index contributed by atoms with van der Waals surface area (Å²) in [6, 6.07) is 0. The van der Waals surface area contributed by atoms with E-state index in [0.29, 0.717) is 64.9 Å². The van der Waals surface area contributed by atoms with Crippen LogP contribution in [0.25, 0.3) is 0 Å². The van der Waals surface area contributed by atoms with Crippen molar-refractivity contribution in [2.45, 2.75) is 338 Å². The fraction of sp³-hybridized carbons (Fsp3) is 1.00. The summed E-state index contributed by atoms with van der Waals surface area (Å²) < 4.78 is 59.7. The SMILES string of the molecule is CCOC(CCCCCCCCCCCCOCCC1CCCCC1(CCSSSSCCC(C)CCCCCCCCCC(OCC)(OCC)OCC)CCSSSSCCC(C)CCCCCCCCCC(OCC)(OCC)OCC)(OCC)OCC. The first kappa shape index (κ1) is 89.4. The maximum atomic E-state index is 6.45. The van der Waals surface area contributed by atoms with Gasteiger partial charge in [0, 0.05) is 115 Å². The number of hydrogen-bond donors (Lipinski definition) is 0. The molecule has 0 radical (unpaired) electrons. The van der Waals surface area contributed by atoms with Gasteiger partial charge in [0.05, 0.1) is 0 Å². The predicted octanol–water partition coefficient (Wildman–Crippen LogP) is 25.4. The first-order valence-electron chi connectivity index (χ1n) is 37.0. The summed E-state index contributed by atoms with van der Waals surface area (Å²) in [5.41, 5.74) is 0.457. The van der Waals surface area contributed by atoms with Gasteiger partial charge in [0.1, 0.15) is 0 Å². The molecule has 0 aliphatic heterocycles. The fourth-order valence-corrected chi connectivity index (χ4v) is 25.7. The molecule has 3 atom stereocenters.